The van der Waals surface area contributed by atoms with E-state index in [1.807, 2.05) is 4.90 Å². The summed E-state index contributed by atoms with van der Waals surface area (Å²) in [6.45, 7) is 1.62. The van der Waals surface area contributed by atoms with Crippen molar-refractivity contribution in [3.05, 3.63) is 29.6 Å². The van der Waals surface area contributed by atoms with Crippen molar-refractivity contribution >= 4 is 17.7 Å². The van der Waals surface area contributed by atoms with Gasteiger partial charge in [-0.1, -0.05) is 0 Å². The first kappa shape index (κ1) is 17.1. The third-order valence-corrected chi connectivity index (χ3v) is 6.00. The first-order valence-electron chi connectivity index (χ1n) is 9.45. The van der Waals surface area contributed by atoms with E-state index in [4.69, 9.17) is 5.73 Å². The first-order valence-corrected chi connectivity index (χ1v) is 9.45. The van der Waals surface area contributed by atoms with Gasteiger partial charge in [-0.3, -0.25) is 24.3 Å². The van der Waals surface area contributed by atoms with Crippen molar-refractivity contribution in [1.29, 1.82) is 0 Å². The highest BCUT2D eigenvalue weighted by molar-refractivity contribution is 6.20. The lowest BCUT2D eigenvalue weighted by Gasteiger charge is -2.36. The van der Waals surface area contributed by atoms with E-state index in [1.165, 1.54) is 11.1 Å². The first-order chi connectivity index (χ1) is 12.6. The van der Waals surface area contributed by atoms with Gasteiger partial charge in [-0.25, -0.2) is 0 Å². The van der Waals surface area contributed by atoms with Gasteiger partial charge >= 0.3 is 0 Å². The second-order valence-electron chi connectivity index (χ2n) is 7.51. The molecule has 1 atom stereocenters. The van der Waals surface area contributed by atoms with Crippen LogP contribution in [0.5, 0.6) is 0 Å². The van der Waals surface area contributed by atoms with E-state index >= 15 is 0 Å². The number of imide groups is 1. The normalized spacial score (nSPS) is 27.0. The molecule has 26 heavy (non-hydrogen) atoms. The summed E-state index contributed by atoms with van der Waals surface area (Å²) < 4.78 is 0. The lowest BCUT2D eigenvalue weighted by Crippen LogP contribution is -2.49. The Labute approximate surface area is 152 Å². The number of carbonyl (C=O) groups is 3. The third kappa shape index (κ3) is 2.80. The molecule has 7 heteroatoms. The third-order valence-electron chi connectivity index (χ3n) is 6.00. The second-order valence-corrected chi connectivity index (χ2v) is 7.51. The zero-order valence-electron chi connectivity index (χ0n) is 14.8. The summed E-state index contributed by atoms with van der Waals surface area (Å²) in [6, 6.07) is 2.72. The van der Waals surface area contributed by atoms with Crippen molar-refractivity contribution in [2.45, 2.75) is 50.6 Å². The summed E-state index contributed by atoms with van der Waals surface area (Å²) in [5.41, 5.74) is 6.89. The van der Waals surface area contributed by atoms with Crippen molar-refractivity contribution in [2.24, 2.45) is 11.7 Å². The van der Waals surface area contributed by atoms with Gasteiger partial charge in [0.1, 0.15) is 5.69 Å². The zero-order chi connectivity index (χ0) is 18.3. The molecule has 138 valence electrons. The van der Waals surface area contributed by atoms with E-state index in [-0.39, 0.29) is 35.4 Å². The summed E-state index contributed by atoms with van der Waals surface area (Å²) in [5, 5.41) is 0. The topological polar surface area (TPSA) is 96.6 Å². The minimum absolute atomic E-state index is 0.0517. The lowest BCUT2D eigenvalue weighted by molar-refractivity contribution is -0.133. The fraction of sp³-hybridized carbons (Fsp3) is 0.579. The number of amides is 3. The number of carbonyl (C=O) groups excluding carboxylic acids is 3. The lowest BCUT2D eigenvalue weighted by atomic mass is 9.81. The molecule has 0 radical (unpaired) electrons. The van der Waals surface area contributed by atoms with Gasteiger partial charge < -0.3 is 10.6 Å². The Morgan fingerprint density at radius 3 is 2.46 bits per heavy atom. The van der Waals surface area contributed by atoms with Crippen LogP contribution in [0.3, 0.4) is 0 Å². The van der Waals surface area contributed by atoms with Gasteiger partial charge in [0, 0.05) is 25.3 Å². The molecule has 2 aliphatic heterocycles. The van der Waals surface area contributed by atoms with Crippen molar-refractivity contribution in [3.63, 3.8) is 0 Å². The van der Waals surface area contributed by atoms with Crippen LogP contribution < -0.4 is 5.73 Å². The number of nitrogens with two attached hydrogens (primary N) is 1. The van der Waals surface area contributed by atoms with Crippen LogP contribution >= 0.6 is 0 Å². The largest absolute Gasteiger partial charge is 0.341 e. The second kappa shape index (κ2) is 6.79. The van der Waals surface area contributed by atoms with Gasteiger partial charge in [0.05, 0.1) is 11.6 Å². The zero-order valence-corrected chi connectivity index (χ0v) is 14.8. The maximum Gasteiger partial charge on any atom is 0.280 e. The van der Waals surface area contributed by atoms with Crippen LogP contribution in [0, 0.1) is 5.92 Å². The molecule has 7 nitrogen and oxygen atoms in total. The van der Waals surface area contributed by atoms with Gasteiger partial charge in [0.25, 0.3) is 11.8 Å². The number of hydrogen-bond acceptors (Lipinski definition) is 5. The number of nitrogens with zero attached hydrogens (tertiary/aromatic N) is 3. The summed E-state index contributed by atoms with van der Waals surface area (Å²) >= 11 is 0. The fourth-order valence-corrected chi connectivity index (χ4v) is 4.48. The predicted octanol–water partition coefficient (Wildman–Crippen LogP) is 1.19. The molecule has 3 amide bonds. The molecular formula is C19H24N4O3. The van der Waals surface area contributed by atoms with Gasteiger partial charge in [0.15, 0.2) is 0 Å². The van der Waals surface area contributed by atoms with Crippen LogP contribution in [0.15, 0.2) is 18.3 Å². The molecule has 2 N–H and O–H groups in total. The van der Waals surface area contributed by atoms with Gasteiger partial charge in [-0.15, -0.1) is 0 Å². The van der Waals surface area contributed by atoms with Crippen LogP contribution in [0.25, 0.3) is 0 Å². The molecule has 0 aromatic carbocycles. The summed E-state index contributed by atoms with van der Waals surface area (Å²) in [7, 11) is 0. The molecule has 0 unspecified atom stereocenters. The van der Waals surface area contributed by atoms with E-state index in [9.17, 15) is 14.4 Å². The van der Waals surface area contributed by atoms with Crippen LogP contribution in [-0.4, -0.2) is 57.7 Å². The number of hydrogen-bond donors (Lipinski definition) is 1. The quantitative estimate of drug-likeness (QED) is 0.821. The SMILES string of the molecule is N[C@H](C(=O)N1CCCC1)C1CCC(N2C(=O)c3cccnc3C2=O)CC1. The van der Waals surface area contributed by atoms with E-state index in [0.717, 1.165) is 38.8 Å². The molecular weight excluding hydrogens is 332 g/mol. The molecule has 1 aromatic heterocycles. The minimum atomic E-state index is -0.474. The molecule has 3 heterocycles. The van der Waals surface area contributed by atoms with Crippen molar-refractivity contribution in [1.82, 2.24) is 14.8 Å². The molecule has 3 aliphatic rings. The summed E-state index contributed by atoms with van der Waals surface area (Å²) in [4.78, 5) is 44.9. The molecule has 4 rings (SSSR count). The number of fused-ring (bicyclic) bond motifs is 1. The highest BCUT2D eigenvalue weighted by atomic mass is 16.2. The number of pyridine rings is 1. The van der Waals surface area contributed by atoms with Crippen LogP contribution in [0.2, 0.25) is 0 Å². The number of aromatic nitrogens is 1. The Bertz CT molecular complexity index is 701. The Hall–Kier alpha value is -2.28. The monoisotopic (exact) mass is 356 g/mol. The molecule has 0 bridgehead atoms. The maximum atomic E-state index is 12.6. The highest BCUT2D eigenvalue weighted by Crippen LogP contribution is 2.34. The Kier molecular flexibility index (Phi) is 4.48. The van der Waals surface area contributed by atoms with Crippen LogP contribution in [0.4, 0.5) is 0 Å². The summed E-state index contributed by atoms with van der Waals surface area (Å²) in [5.74, 6) is -0.381. The summed E-state index contributed by atoms with van der Waals surface area (Å²) in [6.07, 6.45) is 6.54. The molecule has 1 aliphatic carbocycles. The van der Waals surface area contributed by atoms with E-state index in [2.05, 4.69) is 4.98 Å². The molecule has 1 aromatic rings. The Morgan fingerprint density at radius 1 is 1.12 bits per heavy atom. The van der Waals surface area contributed by atoms with E-state index < -0.39 is 6.04 Å². The minimum Gasteiger partial charge on any atom is -0.341 e. The van der Waals surface area contributed by atoms with Crippen molar-refractivity contribution in [3.8, 4) is 0 Å². The number of rotatable bonds is 3. The molecule has 1 saturated heterocycles. The van der Waals surface area contributed by atoms with Crippen molar-refractivity contribution < 1.29 is 14.4 Å². The molecule has 1 saturated carbocycles. The average molecular weight is 356 g/mol. The standard InChI is InChI=1S/C19H24N4O3/c20-15(18(25)22-10-1-2-11-22)12-5-7-13(8-6-12)23-17(24)14-4-3-9-21-16(14)19(23)26/h3-4,9,12-13,15H,1-2,5-8,10-11,20H2/t12?,13?,15-/m0/s1. The highest BCUT2D eigenvalue weighted by Gasteiger charge is 2.43. The fourth-order valence-electron chi connectivity index (χ4n) is 4.48. The average Bonchev–Trinajstić information content (AvgIpc) is 3.29. The Balaban J connectivity index is 1.39. The molecule has 2 fully saturated rings. The Morgan fingerprint density at radius 2 is 1.81 bits per heavy atom. The smallest absolute Gasteiger partial charge is 0.280 e. The van der Waals surface area contributed by atoms with Crippen molar-refractivity contribution in [2.75, 3.05) is 13.1 Å². The number of likely N-dealkylation sites (tertiary alicyclic amines) is 1. The predicted molar refractivity (Wildman–Crippen MR) is 94.3 cm³/mol. The van der Waals surface area contributed by atoms with Crippen LogP contribution in [0.1, 0.15) is 59.4 Å². The van der Waals surface area contributed by atoms with Gasteiger partial charge in [-0.05, 0) is 56.6 Å². The maximum absolute atomic E-state index is 12.6. The van der Waals surface area contributed by atoms with Crippen LogP contribution in [-0.2, 0) is 4.79 Å². The molecule has 0 spiro atoms. The van der Waals surface area contributed by atoms with E-state index in [1.54, 1.807) is 12.1 Å². The van der Waals surface area contributed by atoms with Gasteiger partial charge in [-0.2, -0.15) is 0 Å². The van der Waals surface area contributed by atoms with Gasteiger partial charge in [0.2, 0.25) is 5.91 Å². The van der Waals surface area contributed by atoms with E-state index in [0.29, 0.717) is 18.4 Å².